The highest BCUT2D eigenvalue weighted by atomic mass is 19.1. The molecule has 0 amide bonds. The lowest BCUT2D eigenvalue weighted by Gasteiger charge is -2.28. The molecule has 1 saturated carbocycles. The normalized spacial score (nSPS) is 36.8. The quantitative estimate of drug-likeness (QED) is 0.690. The number of nitrogens with one attached hydrogen (secondary N) is 1. The van der Waals surface area contributed by atoms with Crippen molar-refractivity contribution >= 4 is 0 Å². The third-order valence-electron chi connectivity index (χ3n) is 2.65. The van der Waals surface area contributed by atoms with Gasteiger partial charge in [-0.2, -0.15) is 0 Å². The highest BCUT2D eigenvalue weighted by Crippen LogP contribution is 2.34. The molecule has 0 unspecified atom stereocenters. The van der Waals surface area contributed by atoms with Crippen LogP contribution in [0.3, 0.4) is 0 Å². The highest BCUT2D eigenvalue weighted by molar-refractivity contribution is 4.82. The molecule has 1 heterocycles. The van der Waals surface area contributed by atoms with Gasteiger partial charge in [-0.15, -0.1) is 0 Å². The van der Waals surface area contributed by atoms with Gasteiger partial charge in [-0.05, 0) is 12.3 Å². The monoisotopic (exact) mass is 173 g/mol. The standard InChI is InChI=1S/C9H16FNO/c10-4-8-6-12-9(5-11-8)3-7-1-2-7/h7-9,11H,1-6H2/t8-,9-/m0/s1. The summed E-state index contributed by atoms with van der Waals surface area (Å²) in [7, 11) is 0. The topological polar surface area (TPSA) is 21.3 Å². The average Bonchev–Trinajstić information content (AvgIpc) is 2.90. The summed E-state index contributed by atoms with van der Waals surface area (Å²) in [5, 5.41) is 3.15. The molecule has 3 heteroatoms. The van der Waals surface area contributed by atoms with E-state index in [0.29, 0.717) is 12.7 Å². The molecule has 0 radical (unpaired) electrons. The lowest BCUT2D eigenvalue weighted by molar-refractivity contribution is -0.00761. The van der Waals surface area contributed by atoms with Gasteiger partial charge in [-0.3, -0.25) is 0 Å². The van der Waals surface area contributed by atoms with E-state index in [0.717, 1.165) is 12.5 Å². The second kappa shape index (κ2) is 3.71. The Morgan fingerprint density at radius 3 is 2.75 bits per heavy atom. The first-order valence-electron chi connectivity index (χ1n) is 4.79. The van der Waals surface area contributed by atoms with Gasteiger partial charge >= 0.3 is 0 Å². The predicted octanol–water partition coefficient (Wildman–Crippen LogP) is 1.11. The fraction of sp³-hybridized carbons (Fsp3) is 1.00. The van der Waals surface area contributed by atoms with Gasteiger partial charge < -0.3 is 10.1 Å². The van der Waals surface area contributed by atoms with E-state index in [2.05, 4.69) is 5.32 Å². The van der Waals surface area contributed by atoms with Crippen molar-refractivity contribution in [2.24, 2.45) is 5.92 Å². The Kier molecular flexibility index (Phi) is 2.61. The first kappa shape index (κ1) is 8.45. The van der Waals surface area contributed by atoms with E-state index >= 15 is 0 Å². The third kappa shape index (κ3) is 2.17. The minimum absolute atomic E-state index is 0.0551. The number of halogens is 1. The smallest absolute Gasteiger partial charge is 0.107 e. The SMILES string of the molecule is FC[C@H]1CO[C@@H](CC2CC2)CN1. The average molecular weight is 173 g/mol. The van der Waals surface area contributed by atoms with E-state index in [1.54, 1.807) is 0 Å². The summed E-state index contributed by atoms with van der Waals surface area (Å²) in [6, 6.07) is -0.0551. The van der Waals surface area contributed by atoms with Gasteiger partial charge in [0.15, 0.2) is 0 Å². The predicted molar refractivity (Wildman–Crippen MR) is 44.8 cm³/mol. The zero-order valence-electron chi connectivity index (χ0n) is 7.26. The first-order chi connectivity index (χ1) is 5.88. The van der Waals surface area contributed by atoms with Crippen LogP contribution in [0.5, 0.6) is 0 Å². The van der Waals surface area contributed by atoms with Gasteiger partial charge in [0, 0.05) is 6.54 Å². The van der Waals surface area contributed by atoms with Gasteiger partial charge in [0.05, 0.1) is 18.8 Å². The molecule has 0 aromatic rings. The fourth-order valence-electron chi connectivity index (χ4n) is 1.64. The minimum Gasteiger partial charge on any atom is -0.375 e. The molecule has 2 nitrogen and oxygen atoms in total. The van der Waals surface area contributed by atoms with Crippen LogP contribution in [0.4, 0.5) is 4.39 Å². The van der Waals surface area contributed by atoms with E-state index in [-0.39, 0.29) is 12.7 Å². The third-order valence-corrected chi connectivity index (χ3v) is 2.65. The van der Waals surface area contributed by atoms with Crippen molar-refractivity contribution in [1.82, 2.24) is 5.32 Å². The maximum atomic E-state index is 12.1. The van der Waals surface area contributed by atoms with Crippen LogP contribution in [0.2, 0.25) is 0 Å². The number of hydrogen-bond acceptors (Lipinski definition) is 2. The van der Waals surface area contributed by atoms with Crippen molar-refractivity contribution < 1.29 is 9.13 Å². The van der Waals surface area contributed by atoms with E-state index in [1.807, 2.05) is 0 Å². The molecular weight excluding hydrogens is 157 g/mol. The van der Waals surface area contributed by atoms with Crippen molar-refractivity contribution in [3.63, 3.8) is 0 Å². The fourth-order valence-corrected chi connectivity index (χ4v) is 1.64. The molecule has 70 valence electrons. The second-order valence-electron chi connectivity index (χ2n) is 3.89. The second-order valence-corrected chi connectivity index (χ2v) is 3.89. The summed E-state index contributed by atoms with van der Waals surface area (Å²) in [5.41, 5.74) is 0. The van der Waals surface area contributed by atoms with Crippen LogP contribution >= 0.6 is 0 Å². The number of alkyl halides is 1. The summed E-state index contributed by atoms with van der Waals surface area (Å²) in [6.07, 6.45) is 4.26. The highest BCUT2D eigenvalue weighted by Gasteiger charge is 2.28. The van der Waals surface area contributed by atoms with E-state index in [9.17, 15) is 4.39 Å². The van der Waals surface area contributed by atoms with Gasteiger partial charge in [0.1, 0.15) is 6.67 Å². The molecule has 2 aliphatic rings. The number of hydrogen-bond donors (Lipinski definition) is 1. The summed E-state index contributed by atoms with van der Waals surface area (Å²) >= 11 is 0. The van der Waals surface area contributed by atoms with E-state index < -0.39 is 0 Å². The molecule has 2 atom stereocenters. The van der Waals surface area contributed by atoms with Crippen LogP contribution in [0.15, 0.2) is 0 Å². The maximum absolute atomic E-state index is 12.1. The minimum atomic E-state index is -0.309. The Morgan fingerprint density at radius 2 is 2.25 bits per heavy atom. The van der Waals surface area contributed by atoms with E-state index in [4.69, 9.17) is 4.74 Å². The Bertz CT molecular complexity index is 141. The molecule has 1 aliphatic heterocycles. The zero-order chi connectivity index (χ0) is 8.39. The maximum Gasteiger partial charge on any atom is 0.107 e. The van der Waals surface area contributed by atoms with Crippen LogP contribution in [0.1, 0.15) is 19.3 Å². The van der Waals surface area contributed by atoms with Gasteiger partial charge in [-0.25, -0.2) is 4.39 Å². The molecule has 1 saturated heterocycles. The van der Waals surface area contributed by atoms with Crippen LogP contribution in [0, 0.1) is 5.92 Å². The molecule has 1 N–H and O–H groups in total. The molecule has 2 fully saturated rings. The number of ether oxygens (including phenoxy) is 1. The van der Waals surface area contributed by atoms with Crippen LogP contribution < -0.4 is 5.32 Å². The van der Waals surface area contributed by atoms with Crippen LogP contribution in [-0.2, 0) is 4.74 Å². The van der Waals surface area contributed by atoms with Crippen LogP contribution in [0.25, 0.3) is 0 Å². The Labute approximate surface area is 72.5 Å². The summed E-state index contributed by atoms with van der Waals surface area (Å²) in [4.78, 5) is 0. The molecular formula is C9H16FNO. The summed E-state index contributed by atoms with van der Waals surface area (Å²) < 4.78 is 17.7. The number of morpholine rings is 1. The molecule has 0 spiro atoms. The van der Waals surface area contributed by atoms with Crippen LogP contribution in [-0.4, -0.2) is 32.0 Å². The summed E-state index contributed by atoms with van der Waals surface area (Å²) in [6.45, 7) is 1.08. The Hall–Kier alpha value is -0.150. The van der Waals surface area contributed by atoms with Crippen molar-refractivity contribution in [3.05, 3.63) is 0 Å². The van der Waals surface area contributed by atoms with Gasteiger partial charge in [-0.1, -0.05) is 12.8 Å². The Balaban J connectivity index is 1.66. The van der Waals surface area contributed by atoms with Crippen molar-refractivity contribution in [3.8, 4) is 0 Å². The molecule has 2 rings (SSSR count). The summed E-state index contributed by atoms with van der Waals surface area (Å²) in [5.74, 6) is 0.902. The van der Waals surface area contributed by atoms with E-state index in [1.165, 1.54) is 19.3 Å². The van der Waals surface area contributed by atoms with Crippen molar-refractivity contribution in [1.29, 1.82) is 0 Å². The van der Waals surface area contributed by atoms with Gasteiger partial charge in [0.25, 0.3) is 0 Å². The molecule has 0 aromatic heterocycles. The van der Waals surface area contributed by atoms with Gasteiger partial charge in [0.2, 0.25) is 0 Å². The largest absolute Gasteiger partial charge is 0.375 e. The first-order valence-corrected chi connectivity index (χ1v) is 4.79. The molecule has 0 aromatic carbocycles. The molecule has 12 heavy (non-hydrogen) atoms. The zero-order valence-corrected chi connectivity index (χ0v) is 7.26. The Morgan fingerprint density at radius 1 is 1.42 bits per heavy atom. The molecule has 1 aliphatic carbocycles. The lowest BCUT2D eigenvalue weighted by Crippen LogP contribution is -2.47. The molecule has 0 bridgehead atoms. The number of rotatable bonds is 3. The van der Waals surface area contributed by atoms with Crippen molar-refractivity contribution in [2.75, 3.05) is 19.8 Å². The van der Waals surface area contributed by atoms with Crippen molar-refractivity contribution in [2.45, 2.75) is 31.4 Å². The lowest BCUT2D eigenvalue weighted by atomic mass is 10.1.